The smallest absolute Gasteiger partial charge is 0.246 e. The van der Waals surface area contributed by atoms with Crippen LogP contribution >= 0.6 is 0 Å². The van der Waals surface area contributed by atoms with Gasteiger partial charge in [0.25, 0.3) is 0 Å². The van der Waals surface area contributed by atoms with Crippen LogP contribution in [0, 0.1) is 0 Å². The third kappa shape index (κ3) is 3.64. The van der Waals surface area contributed by atoms with Gasteiger partial charge in [0.15, 0.2) is 0 Å². The molecule has 0 N–H and O–H groups in total. The van der Waals surface area contributed by atoms with Crippen molar-refractivity contribution in [3.63, 3.8) is 0 Å². The molecule has 2 heterocycles. The molecule has 1 atom stereocenters. The van der Waals surface area contributed by atoms with Crippen molar-refractivity contribution in [2.45, 2.75) is 25.4 Å². The van der Waals surface area contributed by atoms with Gasteiger partial charge in [-0.1, -0.05) is 6.58 Å². The molecule has 4 nitrogen and oxygen atoms in total. The predicted molar refractivity (Wildman–Crippen MR) is 75.5 cm³/mol. The Morgan fingerprint density at radius 2 is 2.32 bits per heavy atom. The molecule has 1 aromatic rings. The number of rotatable bonds is 4. The molecule has 0 saturated carbocycles. The van der Waals surface area contributed by atoms with Crippen molar-refractivity contribution in [1.82, 2.24) is 14.8 Å². The van der Waals surface area contributed by atoms with Crippen LogP contribution in [0.15, 0.2) is 37.2 Å². The van der Waals surface area contributed by atoms with Gasteiger partial charge >= 0.3 is 0 Å². The van der Waals surface area contributed by atoms with E-state index in [1.54, 1.807) is 0 Å². The first-order valence-electron chi connectivity index (χ1n) is 6.71. The molecule has 1 aliphatic heterocycles. The summed E-state index contributed by atoms with van der Waals surface area (Å²) < 4.78 is 0. The molecule has 1 aliphatic rings. The lowest BCUT2D eigenvalue weighted by molar-refractivity contribution is -0.128. The van der Waals surface area contributed by atoms with Crippen LogP contribution < -0.4 is 0 Å². The van der Waals surface area contributed by atoms with Crippen LogP contribution in [0.5, 0.6) is 0 Å². The molecule has 1 saturated heterocycles. The molecule has 0 spiro atoms. The van der Waals surface area contributed by atoms with Crippen molar-refractivity contribution >= 4 is 5.91 Å². The highest BCUT2D eigenvalue weighted by Gasteiger charge is 2.24. The lowest BCUT2D eigenvalue weighted by atomic mass is 10.0. The molecule has 1 aromatic heterocycles. The summed E-state index contributed by atoms with van der Waals surface area (Å²) in [7, 11) is 2.12. The average Bonchev–Trinajstić information content (AvgIpc) is 2.47. The van der Waals surface area contributed by atoms with E-state index in [1.807, 2.05) is 29.4 Å². The second-order valence-corrected chi connectivity index (χ2v) is 5.06. The van der Waals surface area contributed by atoms with Crippen molar-refractivity contribution in [2.24, 2.45) is 0 Å². The van der Waals surface area contributed by atoms with Crippen molar-refractivity contribution in [1.29, 1.82) is 0 Å². The molecule has 0 bridgehead atoms. The second kappa shape index (κ2) is 6.48. The van der Waals surface area contributed by atoms with E-state index in [0.717, 1.165) is 32.5 Å². The van der Waals surface area contributed by atoms with Gasteiger partial charge in [0, 0.05) is 38.1 Å². The molecule has 1 amide bonds. The highest BCUT2D eigenvalue weighted by atomic mass is 16.2. The van der Waals surface area contributed by atoms with Gasteiger partial charge in [-0.3, -0.25) is 14.7 Å². The maximum absolute atomic E-state index is 11.7. The Balaban J connectivity index is 1.93. The number of amides is 1. The highest BCUT2D eigenvalue weighted by molar-refractivity contribution is 5.87. The van der Waals surface area contributed by atoms with Gasteiger partial charge < -0.3 is 4.90 Å². The SMILES string of the molecule is C=CC(=O)N1CCC[C@@H](N(C)Cc2ccncc2)C1. The lowest BCUT2D eigenvalue weighted by Gasteiger charge is -2.37. The summed E-state index contributed by atoms with van der Waals surface area (Å²) in [6, 6.07) is 4.49. The van der Waals surface area contributed by atoms with Gasteiger partial charge in [0.2, 0.25) is 5.91 Å². The normalized spacial score (nSPS) is 19.5. The van der Waals surface area contributed by atoms with Gasteiger partial charge in [0.1, 0.15) is 0 Å². The van der Waals surface area contributed by atoms with E-state index in [4.69, 9.17) is 0 Å². The van der Waals surface area contributed by atoms with Crippen LogP contribution in [-0.2, 0) is 11.3 Å². The van der Waals surface area contributed by atoms with Crippen molar-refractivity contribution in [3.05, 3.63) is 42.7 Å². The highest BCUT2D eigenvalue weighted by Crippen LogP contribution is 2.17. The summed E-state index contributed by atoms with van der Waals surface area (Å²) in [6.45, 7) is 6.10. The molecule has 0 unspecified atom stereocenters. The average molecular weight is 259 g/mol. The number of pyridine rings is 1. The number of carbonyl (C=O) groups is 1. The summed E-state index contributed by atoms with van der Waals surface area (Å²) in [4.78, 5) is 19.9. The van der Waals surface area contributed by atoms with E-state index in [0.29, 0.717) is 6.04 Å². The summed E-state index contributed by atoms with van der Waals surface area (Å²) in [5, 5.41) is 0. The van der Waals surface area contributed by atoms with E-state index < -0.39 is 0 Å². The number of piperidine rings is 1. The van der Waals surface area contributed by atoms with Crippen LogP contribution in [0.25, 0.3) is 0 Å². The minimum Gasteiger partial charge on any atom is -0.338 e. The van der Waals surface area contributed by atoms with E-state index >= 15 is 0 Å². The van der Waals surface area contributed by atoms with Crippen LogP contribution in [0.3, 0.4) is 0 Å². The number of nitrogens with zero attached hydrogens (tertiary/aromatic N) is 3. The Bertz CT molecular complexity index is 432. The van der Waals surface area contributed by atoms with E-state index in [2.05, 4.69) is 23.5 Å². The fourth-order valence-corrected chi connectivity index (χ4v) is 2.55. The Labute approximate surface area is 114 Å². The van der Waals surface area contributed by atoms with Crippen molar-refractivity contribution in [2.75, 3.05) is 20.1 Å². The monoisotopic (exact) mass is 259 g/mol. The Kier molecular flexibility index (Phi) is 4.68. The summed E-state index contributed by atoms with van der Waals surface area (Å²) in [5.41, 5.74) is 1.25. The fraction of sp³-hybridized carbons (Fsp3) is 0.467. The third-order valence-electron chi connectivity index (χ3n) is 3.69. The topological polar surface area (TPSA) is 36.4 Å². The molecule has 0 aliphatic carbocycles. The predicted octanol–water partition coefficient (Wildman–Crippen LogP) is 1.69. The quantitative estimate of drug-likeness (QED) is 0.772. The van der Waals surface area contributed by atoms with E-state index in [1.165, 1.54) is 11.6 Å². The molecular formula is C15H21N3O. The molecule has 4 heteroatoms. The molecule has 2 rings (SSSR count). The zero-order valence-corrected chi connectivity index (χ0v) is 11.5. The number of hydrogen-bond donors (Lipinski definition) is 0. The first-order chi connectivity index (χ1) is 9.20. The van der Waals surface area contributed by atoms with Gasteiger partial charge in [-0.05, 0) is 43.7 Å². The molecule has 0 radical (unpaired) electrons. The zero-order chi connectivity index (χ0) is 13.7. The van der Waals surface area contributed by atoms with Crippen LogP contribution in [0.2, 0.25) is 0 Å². The Hall–Kier alpha value is -1.68. The first kappa shape index (κ1) is 13.7. The largest absolute Gasteiger partial charge is 0.338 e. The molecule has 19 heavy (non-hydrogen) atoms. The van der Waals surface area contributed by atoms with Gasteiger partial charge in [-0.25, -0.2) is 0 Å². The minimum atomic E-state index is 0.0435. The molecular weight excluding hydrogens is 238 g/mol. The standard InChI is InChI=1S/C15H21N3O/c1-3-15(19)18-10-4-5-14(12-18)17(2)11-13-6-8-16-9-7-13/h3,6-9,14H,1,4-5,10-12H2,2H3/t14-/m1/s1. The van der Waals surface area contributed by atoms with Gasteiger partial charge in [-0.15, -0.1) is 0 Å². The number of likely N-dealkylation sites (N-methyl/N-ethyl adjacent to an activating group) is 1. The van der Waals surface area contributed by atoms with Crippen LogP contribution in [0.4, 0.5) is 0 Å². The van der Waals surface area contributed by atoms with Gasteiger partial charge in [0.05, 0.1) is 0 Å². The summed E-state index contributed by atoms with van der Waals surface area (Å²) in [6.07, 6.45) is 7.24. The number of aromatic nitrogens is 1. The van der Waals surface area contributed by atoms with E-state index in [-0.39, 0.29) is 5.91 Å². The van der Waals surface area contributed by atoms with Crippen LogP contribution in [0.1, 0.15) is 18.4 Å². The zero-order valence-electron chi connectivity index (χ0n) is 11.5. The Morgan fingerprint density at radius 1 is 1.58 bits per heavy atom. The van der Waals surface area contributed by atoms with Crippen molar-refractivity contribution in [3.8, 4) is 0 Å². The second-order valence-electron chi connectivity index (χ2n) is 5.06. The molecule has 1 fully saturated rings. The van der Waals surface area contributed by atoms with Crippen molar-refractivity contribution < 1.29 is 4.79 Å². The fourth-order valence-electron chi connectivity index (χ4n) is 2.55. The summed E-state index contributed by atoms with van der Waals surface area (Å²) >= 11 is 0. The van der Waals surface area contributed by atoms with E-state index in [9.17, 15) is 4.79 Å². The minimum absolute atomic E-state index is 0.0435. The Morgan fingerprint density at radius 3 is 3.00 bits per heavy atom. The molecule has 102 valence electrons. The van der Waals surface area contributed by atoms with Crippen LogP contribution in [-0.4, -0.2) is 46.9 Å². The number of likely N-dealkylation sites (tertiary alicyclic amines) is 1. The third-order valence-corrected chi connectivity index (χ3v) is 3.69. The number of carbonyl (C=O) groups excluding carboxylic acids is 1. The lowest BCUT2D eigenvalue weighted by Crippen LogP contribution is -2.47. The maximum Gasteiger partial charge on any atom is 0.246 e. The first-order valence-corrected chi connectivity index (χ1v) is 6.71. The van der Waals surface area contributed by atoms with Gasteiger partial charge in [-0.2, -0.15) is 0 Å². The summed E-state index contributed by atoms with van der Waals surface area (Å²) in [5.74, 6) is 0.0435. The molecule has 0 aromatic carbocycles. The maximum atomic E-state index is 11.7. The number of hydrogen-bond acceptors (Lipinski definition) is 3.